The van der Waals surface area contributed by atoms with E-state index in [0.717, 1.165) is 33.0 Å². The summed E-state index contributed by atoms with van der Waals surface area (Å²) in [5.41, 5.74) is 2.95. The zero-order chi connectivity index (χ0) is 21.4. The van der Waals surface area contributed by atoms with Crippen LogP contribution in [-0.2, 0) is 14.8 Å². The van der Waals surface area contributed by atoms with Gasteiger partial charge in [-0.05, 0) is 51.5 Å². The minimum atomic E-state index is -3.61. The Morgan fingerprint density at radius 1 is 1.17 bits per heavy atom. The molecule has 2 aromatic rings. The van der Waals surface area contributed by atoms with Gasteiger partial charge in [-0.25, -0.2) is 8.42 Å². The maximum Gasteiger partial charge on any atom is 0.241 e. The fraction of sp³-hybridized carbons (Fsp3) is 0.409. The third-order valence-electron chi connectivity index (χ3n) is 4.94. The second-order valence-electron chi connectivity index (χ2n) is 8.34. The van der Waals surface area contributed by atoms with Crippen LogP contribution >= 0.6 is 0 Å². The van der Waals surface area contributed by atoms with Crippen LogP contribution < -0.4 is 14.4 Å². The van der Waals surface area contributed by atoms with E-state index in [1.165, 1.54) is 0 Å². The number of rotatable bonds is 5. The number of benzene rings is 2. The molecule has 6 nitrogen and oxygen atoms in total. The van der Waals surface area contributed by atoms with E-state index in [1.807, 2.05) is 52.0 Å². The van der Waals surface area contributed by atoms with Gasteiger partial charge in [0, 0.05) is 12.0 Å². The minimum absolute atomic E-state index is 0.250. The highest BCUT2D eigenvalue weighted by molar-refractivity contribution is 7.92. The van der Waals surface area contributed by atoms with Crippen molar-refractivity contribution in [2.45, 2.75) is 45.8 Å². The molecule has 0 fully saturated rings. The third-order valence-corrected chi connectivity index (χ3v) is 6.08. The lowest BCUT2D eigenvalue weighted by molar-refractivity contribution is -0.120. The molecule has 1 atom stereocenters. The van der Waals surface area contributed by atoms with Crippen molar-refractivity contribution in [2.75, 3.05) is 17.1 Å². The predicted molar refractivity (Wildman–Crippen MR) is 115 cm³/mol. The van der Waals surface area contributed by atoms with Crippen LogP contribution in [0.25, 0.3) is 0 Å². The summed E-state index contributed by atoms with van der Waals surface area (Å²) in [6.07, 6.45) is 1.71. The summed E-state index contributed by atoms with van der Waals surface area (Å²) in [6.45, 7) is 7.55. The molecule has 1 aliphatic heterocycles. The molecule has 0 radical (unpaired) electrons. The molecule has 156 valence electrons. The van der Waals surface area contributed by atoms with Crippen LogP contribution in [0.5, 0.6) is 5.75 Å². The van der Waals surface area contributed by atoms with Crippen LogP contribution in [0.1, 0.15) is 43.0 Å². The summed E-state index contributed by atoms with van der Waals surface area (Å²) in [7, 11) is -3.61. The van der Waals surface area contributed by atoms with Crippen LogP contribution in [0.3, 0.4) is 0 Å². The number of carbonyl (C=O) groups is 1. The molecular weight excluding hydrogens is 388 g/mol. The van der Waals surface area contributed by atoms with E-state index in [0.29, 0.717) is 12.1 Å². The fourth-order valence-corrected chi connectivity index (χ4v) is 4.50. The topological polar surface area (TPSA) is 75.7 Å². The van der Waals surface area contributed by atoms with Crippen LogP contribution in [-0.4, -0.2) is 32.7 Å². The molecule has 0 aromatic heterocycles. The van der Waals surface area contributed by atoms with Gasteiger partial charge in [0.15, 0.2) is 0 Å². The van der Waals surface area contributed by atoms with Gasteiger partial charge < -0.3 is 10.1 Å². The molecule has 1 aliphatic rings. The fourth-order valence-electron chi connectivity index (χ4n) is 3.66. The molecule has 0 saturated carbocycles. The predicted octanol–water partition coefficient (Wildman–Crippen LogP) is 3.49. The van der Waals surface area contributed by atoms with Crippen LogP contribution in [0, 0.1) is 13.8 Å². The Hall–Kier alpha value is -2.54. The van der Waals surface area contributed by atoms with Crippen molar-refractivity contribution in [1.29, 1.82) is 0 Å². The second kappa shape index (κ2) is 7.71. The number of hydrogen-bond acceptors (Lipinski definition) is 4. The van der Waals surface area contributed by atoms with E-state index in [-0.39, 0.29) is 18.5 Å². The van der Waals surface area contributed by atoms with Crippen molar-refractivity contribution in [3.8, 4) is 5.75 Å². The Kier molecular flexibility index (Phi) is 5.63. The number of amides is 1. The molecule has 29 heavy (non-hydrogen) atoms. The van der Waals surface area contributed by atoms with Gasteiger partial charge in [0.2, 0.25) is 15.9 Å². The van der Waals surface area contributed by atoms with Gasteiger partial charge in [-0.3, -0.25) is 9.10 Å². The van der Waals surface area contributed by atoms with E-state index in [2.05, 4.69) is 5.32 Å². The Bertz CT molecular complexity index is 1030. The number of nitrogens with one attached hydrogen (secondary N) is 1. The average Bonchev–Trinajstić information content (AvgIpc) is 2.58. The lowest BCUT2D eigenvalue weighted by Gasteiger charge is -2.38. The highest BCUT2D eigenvalue weighted by atomic mass is 32.2. The van der Waals surface area contributed by atoms with E-state index in [9.17, 15) is 13.2 Å². The van der Waals surface area contributed by atoms with Crippen LogP contribution in [0.4, 0.5) is 5.69 Å². The number of ether oxygens (including phenoxy) is 1. The zero-order valence-electron chi connectivity index (χ0n) is 17.5. The quantitative estimate of drug-likeness (QED) is 0.810. The van der Waals surface area contributed by atoms with Gasteiger partial charge >= 0.3 is 0 Å². The van der Waals surface area contributed by atoms with Gasteiger partial charge in [0.05, 0.1) is 18.0 Å². The summed E-state index contributed by atoms with van der Waals surface area (Å²) in [6, 6.07) is 12.8. The molecule has 1 heterocycles. The number of sulfonamides is 1. The molecule has 7 heteroatoms. The number of aryl methyl sites for hydroxylation is 2. The third kappa shape index (κ3) is 5.09. The Morgan fingerprint density at radius 2 is 1.86 bits per heavy atom. The highest BCUT2D eigenvalue weighted by Gasteiger charge is 2.35. The Morgan fingerprint density at radius 3 is 2.52 bits per heavy atom. The smallest absolute Gasteiger partial charge is 0.241 e. The van der Waals surface area contributed by atoms with Crippen LogP contribution in [0.15, 0.2) is 42.5 Å². The monoisotopic (exact) mass is 416 g/mol. The van der Waals surface area contributed by atoms with Crippen molar-refractivity contribution in [3.05, 3.63) is 59.2 Å². The number of fused-ring (bicyclic) bond motifs is 1. The Balaban J connectivity index is 1.85. The maximum atomic E-state index is 12.9. The summed E-state index contributed by atoms with van der Waals surface area (Å²) in [5, 5.41) is 3.02. The van der Waals surface area contributed by atoms with Gasteiger partial charge in [0.25, 0.3) is 0 Å². The van der Waals surface area contributed by atoms with E-state index in [1.54, 1.807) is 18.2 Å². The summed E-state index contributed by atoms with van der Waals surface area (Å²) >= 11 is 0. The van der Waals surface area contributed by atoms with E-state index in [4.69, 9.17) is 4.74 Å². The Labute approximate surface area is 172 Å². The normalized spacial score (nSPS) is 17.8. The van der Waals surface area contributed by atoms with Crippen molar-refractivity contribution in [3.63, 3.8) is 0 Å². The lowest BCUT2D eigenvalue weighted by atomic mass is 9.89. The minimum Gasteiger partial charge on any atom is -0.487 e. The molecule has 1 unspecified atom stereocenters. The first-order chi connectivity index (χ1) is 13.4. The van der Waals surface area contributed by atoms with Crippen molar-refractivity contribution >= 4 is 21.6 Å². The lowest BCUT2D eigenvalue weighted by Crippen LogP contribution is -2.45. The van der Waals surface area contributed by atoms with Gasteiger partial charge in [-0.15, -0.1) is 0 Å². The number of hydrogen-bond donors (Lipinski definition) is 1. The second-order valence-corrected chi connectivity index (χ2v) is 10.2. The van der Waals surface area contributed by atoms with E-state index < -0.39 is 15.6 Å². The molecule has 1 N–H and O–H groups in total. The number of carbonyl (C=O) groups excluding carboxylic acids is 1. The van der Waals surface area contributed by atoms with Crippen LogP contribution in [0.2, 0.25) is 0 Å². The molecule has 0 spiro atoms. The first-order valence-corrected chi connectivity index (χ1v) is 11.4. The van der Waals surface area contributed by atoms with E-state index >= 15 is 0 Å². The average molecular weight is 417 g/mol. The first kappa shape index (κ1) is 21.2. The molecule has 0 bridgehead atoms. The molecular formula is C22H28N2O4S. The summed E-state index contributed by atoms with van der Waals surface area (Å²) < 4.78 is 31.9. The van der Waals surface area contributed by atoms with Crippen molar-refractivity contribution in [2.24, 2.45) is 0 Å². The highest BCUT2D eigenvalue weighted by Crippen LogP contribution is 2.39. The first-order valence-electron chi connectivity index (χ1n) is 9.58. The van der Waals surface area contributed by atoms with Gasteiger partial charge in [-0.1, -0.05) is 29.8 Å². The largest absolute Gasteiger partial charge is 0.487 e. The number of anilines is 1. The van der Waals surface area contributed by atoms with Gasteiger partial charge in [0.1, 0.15) is 17.9 Å². The SMILES string of the molecule is Cc1cccc(N(CC(=O)NC2CC(C)(C)Oc3ccc(C)cc32)S(C)(=O)=O)c1. The molecule has 2 aromatic carbocycles. The summed E-state index contributed by atoms with van der Waals surface area (Å²) in [4.78, 5) is 12.9. The van der Waals surface area contributed by atoms with Crippen molar-refractivity contribution < 1.29 is 17.9 Å². The standard InChI is InChI=1S/C22H28N2O4S/c1-15-7-6-8-17(11-15)24(29(5,26)27)14-21(25)23-19-13-22(3,4)28-20-10-9-16(2)12-18(19)20/h6-12,19H,13-14H2,1-5H3,(H,23,25). The molecule has 3 rings (SSSR count). The van der Waals surface area contributed by atoms with Gasteiger partial charge in [-0.2, -0.15) is 0 Å². The molecule has 0 aliphatic carbocycles. The zero-order valence-corrected chi connectivity index (χ0v) is 18.3. The van der Waals surface area contributed by atoms with Crippen molar-refractivity contribution in [1.82, 2.24) is 5.32 Å². The summed E-state index contributed by atoms with van der Waals surface area (Å²) in [5.74, 6) is 0.392. The molecule has 1 amide bonds. The molecule has 0 saturated heterocycles. The number of nitrogens with zero attached hydrogens (tertiary/aromatic N) is 1. The maximum absolute atomic E-state index is 12.9.